The fraction of sp³-hybridized carbons (Fsp3) is 0.467. The van der Waals surface area contributed by atoms with E-state index in [9.17, 15) is 5.11 Å². The van der Waals surface area contributed by atoms with Crippen LogP contribution >= 0.6 is 15.9 Å². The van der Waals surface area contributed by atoms with Gasteiger partial charge in [-0.15, -0.1) is 0 Å². The second-order valence-corrected chi connectivity index (χ2v) is 6.36. The number of benzene rings is 1. The van der Waals surface area contributed by atoms with E-state index in [1.165, 1.54) is 22.2 Å². The summed E-state index contributed by atoms with van der Waals surface area (Å²) in [5.74, 6) is 0.311. The van der Waals surface area contributed by atoms with Crippen LogP contribution in [0.15, 0.2) is 22.7 Å². The lowest BCUT2D eigenvalue weighted by Gasteiger charge is -2.28. The maximum Gasteiger partial charge on any atom is 0.0595 e. The Kier molecular flexibility index (Phi) is 3.65. The molecule has 3 nitrogen and oxygen atoms in total. The van der Waals surface area contributed by atoms with E-state index in [-0.39, 0.29) is 6.10 Å². The number of hydrogen-bond acceptors (Lipinski definition) is 2. The van der Waals surface area contributed by atoms with Crippen LogP contribution in [-0.4, -0.2) is 29.3 Å². The Morgan fingerprint density at radius 1 is 1.42 bits per heavy atom. The van der Waals surface area contributed by atoms with Crippen molar-refractivity contribution in [1.82, 2.24) is 10.3 Å². The van der Waals surface area contributed by atoms with Crippen molar-refractivity contribution in [3.8, 4) is 0 Å². The molecule has 4 heteroatoms. The molecule has 102 valence electrons. The van der Waals surface area contributed by atoms with Gasteiger partial charge in [0.05, 0.1) is 6.10 Å². The van der Waals surface area contributed by atoms with Crippen LogP contribution in [-0.2, 0) is 6.42 Å². The first-order chi connectivity index (χ1) is 9.15. The van der Waals surface area contributed by atoms with Crippen LogP contribution in [0, 0.1) is 12.8 Å². The second kappa shape index (κ2) is 5.27. The summed E-state index contributed by atoms with van der Waals surface area (Å²) in [6.45, 7) is 3.95. The molecule has 2 unspecified atom stereocenters. The van der Waals surface area contributed by atoms with Crippen LogP contribution in [0.5, 0.6) is 0 Å². The first-order valence-corrected chi connectivity index (χ1v) is 7.60. The number of aromatic amines is 1. The van der Waals surface area contributed by atoms with Gasteiger partial charge in [-0.2, -0.15) is 0 Å². The molecule has 3 N–H and O–H groups in total. The summed E-state index contributed by atoms with van der Waals surface area (Å²) < 4.78 is 1.10. The van der Waals surface area contributed by atoms with E-state index in [1.807, 2.05) is 0 Å². The summed E-state index contributed by atoms with van der Waals surface area (Å²) in [5, 5.41) is 14.8. The van der Waals surface area contributed by atoms with Gasteiger partial charge in [0.1, 0.15) is 0 Å². The van der Waals surface area contributed by atoms with Gasteiger partial charge in [0.25, 0.3) is 0 Å². The molecule has 1 aliphatic rings. The predicted molar refractivity (Wildman–Crippen MR) is 81.4 cm³/mol. The van der Waals surface area contributed by atoms with Gasteiger partial charge in [0.15, 0.2) is 0 Å². The van der Waals surface area contributed by atoms with Crippen LogP contribution in [0.25, 0.3) is 10.9 Å². The average Bonchev–Trinajstić information content (AvgIpc) is 2.69. The summed E-state index contributed by atoms with van der Waals surface area (Å²) in [7, 11) is 0. The van der Waals surface area contributed by atoms with Gasteiger partial charge in [-0.25, -0.2) is 0 Å². The van der Waals surface area contributed by atoms with Gasteiger partial charge < -0.3 is 15.4 Å². The molecule has 0 spiro atoms. The van der Waals surface area contributed by atoms with Crippen molar-refractivity contribution in [3.63, 3.8) is 0 Å². The van der Waals surface area contributed by atoms with Crippen molar-refractivity contribution < 1.29 is 5.11 Å². The number of halogens is 1. The van der Waals surface area contributed by atoms with Crippen molar-refractivity contribution in [2.45, 2.75) is 25.9 Å². The summed E-state index contributed by atoms with van der Waals surface area (Å²) in [5.41, 5.74) is 3.73. The number of nitrogens with one attached hydrogen (secondary N) is 2. The zero-order chi connectivity index (χ0) is 13.4. The third-order valence-corrected chi connectivity index (χ3v) is 4.61. The van der Waals surface area contributed by atoms with Gasteiger partial charge in [-0.3, -0.25) is 0 Å². The van der Waals surface area contributed by atoms with Crippen molar-refractivity contribution >= 4 is 26.8 Å². The largest absolute Gasteiger partial charge is 0.393 e. The first kappa shape index (κ1) is 13.2. The van der Waals surface area contributed by atoms with Crippen LogP contribution in [0.1, 0.15) is 17.7 Å². The van der Waals surface area contributed by atoms with Crippen molar-refractivity contribution in [3.05, 3.63) is 33.9 Å². The number of aromatic nitrogens is 1. The molecular weight excluding hydrogens is 304 g/mol. The predicted octanol–water partition coefficient (Wildman–Crippen LogP) is 2.75. The Bertz CT molecular complexity index is 593. The van der Waals surface area contributed by atoms with E-state index < -0.39 is 0 Å². The standard InChI is InChI=1S/C15H19BrN2O/c1-9-12(6-10-8-17-5-4-15(10)19)13-7-11(16)2-3-14(13)18-9/h2-3,7,10,15,17-19H,4-6,8H2,1H3. The topological polar surface area (TPSA) is 48.0 Å². The van der Waals surface area contributed by atoms with E-state index in [4.69, 9.17) is 0 Å². The number of hydrogen-bond donors (Lipinski definition) is 3. The van der Waals surface area contributed by atoms with E-state index >= 15 is 0 Å². The van der Waals surface area contributed by atoms with Gasteiger partial charge in [-0.1, -0.05) is 15.9 Å². The summed E-state index contributed by atoms with van der Waals surface area (Å²) in [6, 6.07) is 6.32. The molecule has 1 saturated heterocycles. The zero-order valence-electron chi connectivity index (χ0n) is 11.0. The van der Waals surface area contributed by atoms with Crippen molar-refractivity contribution in [1.29, 1.82) is 0 Å². The summed E-state index contributed by atoms with van der Waals surface area (Å²) >= 11 is 3.54. The number of aliphatic hydroxyl groups excluding tert-OH is 1. The molecule has 2 heterocycles. The third kappa shape index (κ3) is 2.57. The van der Waals surface area contributed by atoms with Crippen molar-refractivity contribution in [2.75, 3.05) is 13.1 Å². The zero-order valence-corrected chi connectivity index (χ0v) is 12.6. The van der Waals surface area contributed by atoms with Gasteiger partial charge in [0, 0.05) is 33.5 Å². The molecule has 1 fully saturated rings. The molecular formula is C15H19BrN2O. The Labute approximate surface area is 121 Å². The highest BCUT2D eigenvalue weighted by Crippen LogP contribution is 2.29. The minimum Gasteiger partial charge on any atom is -0.393 e. The van der Waals surface area contributed by atoms with E-state index in [0.717, 1.165) is 30.4 Å². The molecule has 2 atom stereocenters. The number of aliphatic hydroxyl groups is 1. The monoisotopic (exact) mass is 322 g/mol. The first-order valence-electron chi connectivity index (χ1n) is 6.80. The summed E-state index contributed by atoms with van der Waals surface area (Å²) in [4.78, 5) is 3.44. The second-order valence-electron chi connectivity index (χ2n) is 5.44. The Hall–Kier alpha value is -0.840. The van der Waals surface area contributed by atoms with Crippen molar-refractivity contribution in [2.24, 2.45) is 5.92 Å². The smallest absolute Gasteiger partial charge is 0.0595 e. The Morgan fingerprint density at radius 3 is 3.05 bits per heavy atom. The Morgan fingerprint density at radius 2 is 2.26 bits per heavy atom. The molecule has 19 heavy (non-hydrogen) atoms. The number of rotatable bonds is 2. The fourth-order valence-corrected chi connectivity index (χ4v) is 3.36. The molecule has 3 rings (SSSR count). The molecule has 0 radical (unpaired) electrons. The minimum absolute atomic E-state index is 0.183. The highest BCUT2D eigenvalue weighted by atomic mass is 79.9. The summed E-state index contributed by atoms with van der Waals surface area (Å²) in [6.07, 6.45) is 1.60. The van der Waals surface area contributed by atoms with E-state index in [1.54, 1.807) is 0 Å². The number of aryl methyl sites for hydroxylation is 1. The number of fused-ring (bicyclic) bond motifs is 1. The maximum atomic E-state index is 10.1. The van der Waals surface area contributed by atoms with E-state index in [0.29, 0.717) is 5.92 Å². The molecule has 0 bridgehead atoms. The molecule has 1 aromatic carbocycles. The van der Waals surface area contributed by atoms with Gasteiger partial charge in [-0.05, 0) is 50.1 Å². The highest BCUT2D eigenvalue weighted by Gasteiger charge is 2.24. The van der Waals surface area contributed by atoms with Gasteiger partial charge >= 0.3 is 0 Å². The highest BCUT2D eigenvalue weighted by molar-refractivity contribution is 9.10. The normalized spacial score (nSPS) is 23.9. The van der Waals surface area contributed by atoms with Gasteiger partial charge in [0.2, 0.25) is 0 Å². The lowest BCUT2D eigenvalue weighted by Crippen LogP contribution is -2.40. The molecule has 0 saturated carbocycles. The Balaban J connectivity index is 1.95. The quantitative estimate of drug-likeness (QED) is 0.796. The maximum absolute atomic E-state index is 10.1. The SMILES string of the molecule is Cc1[nH]c2ccc(Br)cc2c1CC1CNCCC1O. The third-order valence-electron chi connectivity index (χ3n) is 4.12. The minimum atomic E-state index is -0.183. The lowest BCUT2D eigenvalue weighted by molar-refractivity contribution is 0.0792. The van der Waals surface area contributed by atoms with Crippen LogP contribution in [0.2, 0.25) is 0 Å². The molecule has 0 aliphatic carbocycles. The molecule has 0 amide bonds. The molecule has 1 aromatic heterocycles. The number of piperidine rings is 1. The van der Waals surface area contributed by atoms with Crippen LogP contribution in [0.4, 0.5) is 0 Å². The molecule has 2 aromatic rings. The van der Waals surface area contributed by atoms with Crippen LogP contribution in [0.3, 0.4) is 0 Å². The van der Waals surface area contributed by atoms with E-state index in [2.05, 4.69) is 51.4 Å². The lowest BCUT2D eigenvalue weighted by atomic mass is 9.89. The van der Waals surface area contributed by atoms with Crippen LogP contribution < -0.4 is 5.32 Å². The number of H-pyrrole nitrogens is 1. The average molecular weight is 323 g/mol. The fourth-order valence-electron chi connectivity index (χ4n) is 3.00. The molecule has 1 aliphatic heterocycles.